The molecule has 1 unspecified atom stereocenters. The Morgan fingerprint density at radius 1 is 1.21 bits per heavy atom. The number of nitrogens with one attached hydrogen (secondary N) is 1. The van der Waals surface area contributed by atoms with Gasteiger partial charge in [-0.25, -0.2) is 0 Å². The summed E-state index contributed by atoms with van der Waals surface area (Å²) in [5, 5.41) is 11.5. The molecule has 1 aromatic heterocycles. The van der Waals surface area contributed by atoms with Crippen LogP contribution in [0.1, 0.15) is 73.6 Å². The lowest BCUT2D eigenvalue weighted by atomic mass is 9.76. The average molecular weight is 393 g/mol. The predicted octanol–water partition coefficient (Wildman–Crippen LogP) is 3.37. The number of nitrogens with zero attached hydrogens (tertiary/aromatic N) is 4. The molecule has 2 saturated carbocycles. The summed E-state index contributed by atoms with van der Waals surface area (Å²) in [7, 11) is 0. The maximum Gasteiger partial charge on any atom is 0.253 e. The van der Waals surface area contributed by atoms with E-state index in [1.54, 1.807) is 6.07 Å². The highest BCUT2D eigenvalue weighted by atomic mass is 16.2. The Balaban J connectivity index is 1.43. The lowest BCUT2D eigenvalue weighted by Crippen LogP contribution is -2.31. The minimum Gasteiger partial charge on any atom is -0.337 e. The van der Waals surface area contributed by atoms with Crippen LogP contribution in [0.15, 0.2) is 30.6 Å². The first-order valence-corrected chi connectivity index (χ1v) is 10.6. The van der Waals surface area contributed by atoms with Gasteiger partial charge in [-0.15, -0.1) is 10.2 Å². The van der Waals surface area contributed by atoms with Gasteiger partial charge in [0, 0.05) is 43.2 Å². The number of likely N-dealkylation sites (tertiary alicyclic amines) is 1. The zero-order chi connectivity index (χ0) is 20.0. The van der Waals surface area contributed by atoms with Gasteiger partial charge in [0.2, 0.25) is 5.91 Å². The number of aromatic nitrogens is 3. The number of hydrogen-bond donors (Lipinski definition) is 1. The molecule has 1 aliphatic heterocycles. The molecule has 1 aromatic carbocycles. The molecule has 152 valence electrons. The van der Waals surface area contributed by atoms with Crippen LogP contribution in [0.5, 0.6) is 0 Å². The fraction of sp³-hybridized carbons (Fsp3) is 0.545. The second-order valence-electron chi connectivity index (χ2n) is 8.90. The van der Waals surface area contributed by atoms with E-state index < -0.39 is 0 Å². The monoisotopic (exact) mass is 393 g/mol. The third kappa shape index (κ3) is 3.32. The molecule has 2 aromatic rings. The van der Waals surface area contributed by atoms with E-state index in [9.17, 15) is 9.59 Å². The van der Waals surface area contributed by atoms with E-state index in [1.807, 2.05) is 29.4 Å². The Bertz CT molecular complexity index is 942. The van der Waals surface area contributed by atoms with Crippen LogP contribution in [0, 0.1) is 5.41 Å². The number of rotatable bonds is 4. The van der Waals surface area contributed by atoms with Gasteiger partial charge in [0.15, 0.2) is 0 Å². The van der Waals surface area contributed by atoms with Crippen LogP contribution >= 0.6 is 0 Å². The van der Waals surface area contributed by atoms with Crippen molar-refractivity contribution in [2.24, 2.45) is 5.41 Å². The maximum absolute atomic E-state index is 13.3. The van der Waals surface area contributed by atoms with E-state index in [1.165, 1.54) is 32.6 Å². The topological polar surface area (TPSA) is 80.1 Å². The Morgan fingerprint density at radius 3 is 2.72 bits per heavy atom. The van der Waals surface area contributed by atoms with Gasteiger partial charge in [0.1, 0.15) is 12.2 Å². The second kappa shape index (κ2) is 6.97. The van der Waals surface area contributed by atoms with Gasteiger partial charge >= 0.3 is 0 Å². The Kier molecular flexibility index (Phi) is 4.41. The van der Waals surface area contributed by atoms with Crippen LogP contribution in [0.25, 0.3) is 0 Å². The van der Waals surface area contributed by atoms with Crippen LogP contribution < -0.4 is 5.32 Å². The first-order chi connectivity index (χ1) is 14.1. The van der Waals surface area contributed by atoms with E-state index in [4.69, 9.17) is 0 Å². The summed E-state index contributed by atoms with van der Waals surface area (Å²) in [4.78, 5) is 26.7. The molecule has 0 bridgehead atoms. The number of carbonyl (C=O) groups excluding carboxylic acids is 2. The van der Waals surface area contributed by atoms with Crippen LogP contribution in [-0.4, -0.2) is 44.6 Å². The molecular weight excluding hydrogens is 366 g/mol. The molecule has 1 spiro atoms. The molecule has 3 aliphatic rings. The van der Waals surface area contributed by atoms with Crippen molar-refractivity contribution in [1.82, 2.24) is 19.7 Å². The fourth-order valence-electron chi connectivity index (χ4n) is 5.32. The number of hydrogen-bond acceptors (Lipinski definition) is 4. The van der Waals surface area contributed by atoms with Crippen molar-refractivity contribution in [1.29, 1.82) is 0 Å². The van der Waals surface area contributed by atoms with E-state index in [0.717, 1.165) is 25.2 Å². The van der Waals surface area contributed by atoms with E-state index >= 15 is 0 Å². The first-order valence-electron chi connectivity index (χ1n) is 10.6. The normalized spacial score (nSPS) is 22.9. The predicted molar refractivity (Wildman–Crippen MR) is 109 cm³/mol. The molecule has 1 N–H and O–H groups in total. The van der Waals surface area contributed by atoms with Crippen LogP contribution in [0.2, 0.25) is 0 Å². The summed E-state index contributed by atoms with van der Waals surface area (Å²) >= 11 is 0. The van der Waals surface area contributed by atoms with E-state index in [2.05, 4.69) is 20.1 Å². The SMILES string of the molecule is CC(=O)Nc1cccc(C(=O)N2CC(c3nncn3C3CC3)C3(CCCC3)C2)c1. The molecule has 0 radical (unpaired) electrons. The second-order valence-corrected chi connectivity index (χ2v) is 8.90. The maximum atomic E-state index is 13.3. The number of amides is 2. The summed E-state index contributed by atoms with van der Waals surface area (Å²) in [6.07, 6.45) is 8.99. The summed E-state index contributed by atoms with van der Waals surface area (Å²) in [6, 6.07) is 7.76. The highest BCUT2D eigenvalue weighted by Crippen LogP contribution is 2.54. The Morgan fingerprint density at radius 2 is 2.00 bits per heavy atom. The molecule has 2 heterocycles. The van der Waals surface area contributed by atoms with E-state index in [0.29, 0.717) is 23.8 Å². The first kappa shape index (κ1) is 18.3. The molecule has 3 fully saturated rings. The molecule has 29 heavy (non-hydrogen) atoms. The van der Waals surface area contributed by atoms with Gasteiger partial charge in [0.25, 0.3) is 5.91 Å². The Hall–Kier alpha value is -2.70. The Labute approximate surface area is 170 Å². The van der Waals surface area contributed by atoms with Crippen molar-refractivity contribution >= 4 is 17.5 Å². The summed E-state index contributed by atoms with van der Waals surface area (Å²) in [5.74, 6) is 1.20. The summed E-state index contributed by atoms with van der Waals surface area (Å²) in [5.41, 5.74) is 1.39. The van der Waals surface area contributed by atoms with Crippen LogP contribution in [0.4, 0.5) is 5.69 Å². The molecule has 1 saturated heterocycles. The molecule has 1 atom stereocenters. The van der Waals surface area contributed by atoms with Crippen LogP contribution in [0.3, 0.4) is 0 Å². The third-order valence-corrected chi connectivity index (χ3v) is 6.82. The van der Waals surface area contributed by atoms with Gasteiger partial charge in [0.05, 0.1) is 0 Å². The van der Waals surface area contributed by atoms with Crippen molar-refractivity contribution in [2.45, 2.75) is 57.4 Å². The van der Waals surface area contributed by atoms with Crippen molar-refractivity contribution in [3.8, 4) is 0 Å². The smallest absolute Gasteiger partial charge is 0.253 e. The number of carbonyl (C=O) groups is 2. The van der Waals surface area contributed by atoms with Crippen molar-refractivity contribution in [3.05, 3.63) is 42.0 Å². The van der Waals surface area contributed by atoms with Gasteiger partial charge in [-0.1, -0.05) is 18.9 Å². The molecule has 5 rings (SSSR count). The average Bonchev–Trinajstić information content (AvgIpc) is 3.12. The van der Waals surface area contributed by atoms with Gasteiger partial charge in [-0.05, 0) is 49.3 Å². The standard InChI is InChI=1S/C22H27N5O2/c1-15(28)24-17-6-4-5-16(11-17)21(29)26-12-19(22(13-26)9-2-3-10-22)20-25-23-14-27(20)18-7-8-18/h4-6,11,14,18-19H,2-3,7-10,12-13H2,1H3,(H,24,28). The van der Waals surface area contributed by atoms with Crippen molar-refractivity contribution < 1.29 is 9.59 Å². The highest BCUT2D eigenvalue weighted by Gasteiger charge is 2.52. The number of benzene rings is 1. The highest BCUT2D eigenvalue weighted by molar-refractivity contribution is 5.97. The van der Waals surface area contributed by atoms with Gasteiger partial charge in [-0.2, -0.15) is 0 Å². The minimum absolute atomic E-state index is 0.0310. The fourth-order valence-corrected chi connectivity index (χ4v) is 5.32. The molecule has 2 amide bonds. The lowest BCUT2D eigenvalue weighted by Gasteiger charge is -2.29. The molecule has 7 nitrogen and oxygen atoms in total. The molecule has 7 heteroatoms. The lowest BCUT2D eigenvalue weighted by molar-refractivity contribution is -0.114. The quantitative estimate of drug-likeness (QED) is 0.864. The van der Waals surface area contributed by atoms with E-state index in [-0.39, 0.29) is 23.1 Å². The zero-order valence-corrected chi connectivity index (χ0v) is 16.8. The molecular formula is C22H27N5O2. The zero-order valence-electron chi connectivity index (χ0n) is 16.8. The summed E-state index contributed by atoms with van der Waals surface area (Å²) in [6.45, 7) is 2.94. The summed E-state index contributed by atoms with van der Waals surface area (Å²) < 4.78 is 2.26. The van der Waals surface area contributed by atoms with Crippen LogP contribution in [-0.2, 0) is 4.79 Å². The number of anilines is 1. The van der Waals surface area contributed by atoms with Gasteiger partial charge in [-0.3, -0.25) is 9.59 Å². The van der Waals surface area contributed by atoms with Gasteiger partial charge < -0.3 is 14.8 Å². The van der Waals surface area contributed by atoms with Crippen molar-refractivity contribution in [3.63, 3.8) is 0 Å². The minimum atomic E-state index is -0.139. The third-order valence-electron chi connectivity index (χ3n) is 6.82. The largest absolute Gasteiger partial charge is 0.337 e. The molecule has 2 aliphatic carbocycles. The van der Waals surface area contributed by atoms with Crippen molar-refractivity contribution in [2.75, 3.05) is 18.4 Å².